The number of thiophene rings is 1. The molecule has 0 aliphatic carbocycles. The number of nitrogens with zero attached hydrogens (tertiary/aromatic N) is 3. The van der Waals surface area contributed by atoms with E-state index in [2.05, 4.69) is 4.99 Å². The van der Waals surface area contributed by atoms with Crippen molar-refractivity contribution < 1.29 is 13.2 Å². The fourth-order valence-electron chi connectivity index (χ4n) is 2.30. The molecular formula is C14H24N4O3S2. The lowest BCUT2D eigenvalue weighted by Crippen LogP contribution is -2.40. The molecule has 0 amide bonds. The van der Waals surface area contributed by atoms with Crippen molar-refractivity contribution in [1.29, 1.82) is 0 Å². The average molecular weight is 361 g/mol. The van der Waals surface area contributed by atoms with E-state index in [9.17, 15) is 8.42 Å². The number of ether oxygens (including phenoxy) is 1. The monoisotopic (exact) mass is 360 g/mol. The van der Waals surface area contributed by atoms with Crippen molar-refractivity contribution >= 4 is 27.3 Å². The number of rotatable bonds is 6. The zero-order chi connectivity index (χ0) is 16.9. The molecule has 1 aliphatic rings. The third-order valence-electron chi connectivity index (χ3n) is 3.69. The lowest BCUT2D eigenvalue weighted by Gasteiger charge is -2.25. The Bertz CT molecular complexity index is 632. The maximum atomic E-state index is 12.6. The number of guanidine groups is 1. The molecule has 23 heavy (non-hydrogen) atoms. The Balaban J connectivity index is 2.07. The first-order valence-corrected chi connectivity index (χ1v) is 9.96. The minimum absolute atomic E-state index is 0.353. The Labute approximate surface area is 141 Å². The molecule has 0 aromatic carbocycles. The summed E-state index contributed by atoms with van der Waals surface area (Å²) in [6.07, 6.45) is 0. The van der Waals surface area contributed by atoms with Gasteiger partial charge in [0.2, 0.25) is 0 Å². The highest BCUT2D eigenvalue weighted by Crippen LogP contribution is 2.26. The number of aliphatic imine (C=N–C) groups is 1. The van der Waals surface area contributed by atoms with Crippen molar-refractivity contribution in [2.24, 2.45) is 10.7 Å². The molecule has 1 saturated heterocycles. The number of sulfonamides is 1. The summed E-state index contributed by atoms with van der Waals surface area (Å²) in [4.78, 5) is 7.19. The van der Waals surface area contributed by atoms with Crippen LogP contribution < -0.4 is 5.73 Å². The summed E-state index contributed by atoms with van der Waals surface area (Å²) in [6.45, 7) is 7.73. The van der Waals surface area contributed by atoms with E-state index in [0.717, 1.165) is 18.0 Å². The van der Waals surface area contributed by atoms with E-state index in [1.807, 2.05) is 18.7 Å². The minimum atomic E-state index is -3.42. The van der Waals surface area contributed by atoms with E-state index in [0.29, 0.717) is 43.0 Å². The van der Waals surface area contributed by atoms with Crippen LogP contribution in [-0.2, 0) is 21.3 Å². The highest BCUT2D eigenvalue weighted by atomic mass is 32.2. The molecule has 2 heterocycles. The van der Waals surface area contributed by atoms with Crippen LogP contribution in [0.3, 0.4) is 0 Å². The molecule has 1 aromatic rings. The van der Waals surface area contributed by atoms with E-state index in [1.54, 1.807) is 12.1 Å². The van der Waals surface area contributed by atoms with Gasteiger partial charge in [-0.15, -0.1) is 11.3 Å². The molecule has 0 spiro atoms. The van der Waals surface area contributed by atoms with Crippen molar-refractivity contribution in [3.8, 4) is 0 Å². The molecule has 0 bridgehead atoms. The quantitative estimate of drug-likeness (QED) is 0.602. The highest BCUT2D eigenvalue weighted by molar-refractivity contribution is 7.91. The molecule has 1 aromatic heterocycles. The normalized spacial score (nSPS) is 17.4. The summed E-state index contributed by atoms with van der Waals surface area (Å²) >= 11 is 1.25. The Morgan fingerprint density at radius 1 is 1.35 bits per heavy atom. The molecule has 2 rings (SSSR count). The van der Waals surface area contributed by atoms with Gasteiger partial charge in [-0.25, -0.2) is 13.4 Å². The van der Waals surface area contributed by atoms with Crippen LogP contribution in [0.15, 0.2) is 21.3 Å². The topological polar surface area (TPSA) is 88.2 Å². The second kappa shape index (κ2) is 8.09. The molecular weight excluding hydrogens is 336 g/mol. The van der Waals surface area contributed by atoms with E-state index < -0.39 is 10.0 Å². The van der Waals surface area contributed by atoms with Gasteiger partial charge in [0, 0.05) is 31.1 Å². The van der Waals surface area contributed by atoms with Crippen LogP contribution in [0.4, 0.5) is 0 Å². The number of morpholine rings is 1. The molecule has 7 nitrogen and oxygen atoms in total. The fourth-order valence-corrected chi connectivity index (χ4v) is 5.15. The maximum absolute atomic E-state index is 12.6. The molecule has 0 atom stereocenters. The standard InChI is InChI=1S/C14H24N4O3S2/c1-3-17(4-2)14(15)16-11-12-5-6-13(22-12)23(19,20)18-7-9-21-10-8-18/h5-6H,3-4,7-11H2,1-2H3,(H2,15,16). The van der Waals surface area contributed by atoms with Gasteiger partial charge in [-0.2, -0.15) is 4.31 Å². The lowest BCUT2D eigenvalue weighted by atomic mass is 10.5. The number of hydrogen-bond donors (Lipinski definition) is 1. The highest BCUT2D eigenvalue weighted by Gasteiger charge is 2.27. The van der Waals surface area contributed by atoms with Crippen LogP contribution in [0.5, 0.6) is 0 Å². The molecule has 1 fully saturated rings. The molecule has 2 N–H and O–H groups in total. The number of nitrogens with two attached hydrogens (primary N) is 1. The molecule has 9 heteroatoms. The van der Waals surface area contributed by atoms with Crippen molar-refractivity contribution in [2.75, 3.05) is 39.4 Å². The van der Waals surface area contributed by atoms with Crippen LogP contribution >= 0.6 is 11.3 Å². The molecule has 0 unspecified atom stereocenters. The van der Waals surface area contributed by atoms with E-state index in [-0.39, 0.29) is 0 Å². The van der Waals surface area contributed by atoms with Gasteiger partial charge in [0.05, 0.1) is 19.8 Å². The Hall–Kier alpha value is -1.16. The van der Waals surface area contributed by atoms with Crippen LogP contribution in [0.25, 0.3) is 0 Å². The molecule has 1 aliphatic heterocycles. The summed E-state index contributed by atoms with van der Waals surface area (Å²) in [7, 11) is -3.42. The third kappa shape index (κ3) is 4.43. The van der Waals surface area contributed by atoms with Crippen LogP contribution in [0.1, 0.15) is 18.7 Å². The van der Waals surface area contributed by atoms with Crippen molar-refractivity contribution in [2.45, 2.75) is 24.6 Å². The SMILES string of the molecule is CCN(CC)C(N)=NCc1ccc(S(=O)(=O)N2CCOCC2)s1. The summed E-state index contributed by atoms with van der Waals surface area (Å²) in [5, 5.41) is 0. The predicted molar refractivity (Wildman–Crippen MR) is 92.1 cm³/mol. The van der Waals surface area contributed by atoms with E-state index in [4.69, 9.17) is 10.5 Å². The first-order valence-electron chi connectivity index (χ1n) is 7.70. The Morgan fingerprint density at radius 2 is 2.00 bits per heavy atom. The predicted octanol–water partition coefficient (Wildman–Crippen LogP) is 0.926. The van der Waals surface area contributed by atoms with Gasteiger partial charge in [-0.1, -0.05) is 0 Å². The average Bonchev–Trinajstić information content (AvgIpc) is 3.04. The van der Waals surface area contributed by atoms with Gasteiger partial charge in [-0.3, -0.25) is 0 Å². The summed E-state index contributed by atoms with van der Waals surface area (Å²) in [5.74, 6) is 0.487. The van der Waals surface area contributed by atoms with Gasteiger partial charge in [0.25, 0.3) is 10.0 Å². The van der Waals surface area contributed by atoms with Crippen molar-refractivity contribution in [3.63, 3.8) is 0 Å². The number of hydrogen-bond acceptors (Lipinski definition) is 5. The first kappa shape index (κ1) is 18.2. The van der Waals surface area contributed by atoms with E-state index >= 15 is 0 Å². The molecule has 0 saturated carbocycles. The lowest BCUT2D eigenvalue weighted by molar-refractivity contribution is 0.0731. The zero-order valence-corrected chi connectivity index (χ0v) is 15.2. The van der Waals surface area contributed by atoms with Crippen molar-refractivity contribution in [1.82, 2.24) is 9.21 Å². The van der Waals surface area contributed by atoms with Crippen LogP contribution in [0, 0.1) is 0 Å². The first-order chi connectivity index (χ1) is 11.0. The summed E-state index contributed by atoms with van der Waals surface area (Å²) < 4.78 is 32.1. The largest absolute Gasteiger partial charge is 0.379 e. The Kier molecular flexibility index (Phi) is 6.40. The zero-order valence-electron chi connectivity index (χ0n) is 13.6. The second-order valence-corrected chi connectivity index (χ2v) is 8.42. The van der Waals surface area contributed by atoms with Crippen LogP contribution in [-0.4, -0.2) is 63.0 Å². The maximum Gasteiger partial charge on any atom is 0.252 e. The molecule has 130 valence electrons. The summed E-state index contributed by atoms with van der Waals surface area (Å²) in [6, 6.07) is 3.45. The van der Waals surface area contributed by atoms with E-state index in [1.165, 1.54) is 15.6 Å². The van der Waals surface area contributed by atoms with Gasteiger partial charge in [0.1, 0.15) is 4.21 Å². The second-order valence-electron chi connectivity index (χ2n) is 5.08. The smallest absolute Gasteiger partial charge is 0.252 e. The van der Waals surface area contributed by atoms with Gasteiger partial charge in [-0.05, 0) is 26.0 Å². The van der Waals surface area contributed by atoms with Crippen LogP contribution in [0.2, 0.25) is 0 Å². The van der Waals surface area contributed by atoms with Gasteiger partial charge >= 0.3 is 0 Å². The summed E-state index contributed by atoms with van der Waals surface area (Å²) in [5.41, 5.74) is 5.94. The van der Waals surface area contributed by atoms with Crippen molar-refractivity contribution in [3.05, 3.63) is 17.0 Å². The third-order valence-corrected chi connectivity index (χ3v) is 7.12. The van der Waals surface area contributed by atoms with Gasteiger partial charge in [0.15, 0.2) is 5.96 Å². The minimum Gasteiger partial charge on any atom is -0.379 e. The fraction of sp³-hybridized carbons (Fsp3) is 0.643. The van der Waals surface area contributed by atoms with Gasteiger partial charge < -0.3 is 15.4 Å². The Morgan fingerprint density at radius 3 is 2.61 bits per heavy atom. The molecule has 0 radical (unpaired) electrons.